The molecule has 3 N–H and O–H groups in total. The Kier molecular flexibility index (Phi) is 5.15. The Labute approximate surface area is 162 Å². The van der Waals surface area contributed by atoms with Gasteiger partial charge in [0.15, 0.2) is 11.6 Å². The molecule has 0 atom stereocenters. The molecule has 0 spiro atoms. The van der Waals surface area contributed by atoms with Gasteiger partial charge in [0.1, 0.15) is 17.3 Å². The summed E-state index contributed by atoms with van der Waals surface area (Å²) in [5, 5.41) is 11.4. The minimum absolute atomic E-state index is 0.339. The Morgan fingerprint density at radius 1 is 0.964 bits per heavy atom. The number of nitrogens with two attached hydrogens (primary N) is 1. The molecule has 0 aliphatic rings. The number of benzene rings is 2. The Bertz CT molecular complexity index is 1090. The Hall–Kier alpha value is -3.87. The molecule has 28 heavy (non-hydrogen) atoms. The largest absolute Gasteiger partial charge is 0.457 e. The summed E-state index contributed by atoms with van der Waals surface area (Å²) in [5.41, 5.74) is 7.65. The first kappa shape index (κ1) is 17.5. The predicted octanol–water partition coefficient (Wildman–Crippen LogP) is 3.49. The van der Waals surface area contributed by atoms with Crippen molar-refractivity contribution in [3.63, 3.8) is 0 Å². The quantitative estimate of drug-likeness (QED) is 0.399. The monoisotopic (exact) mass is 372 g/mol. The minimum atomic E-state index is 0.339. The fourth-order valence-corrected chi connectivity index (χ4v) is 2.79. The fraction of sp³-hybridized carbons (Fsp3) is 0.0952. The van der Waals surface area contributed by atoms with Crippen LogP contribution >= 0.6 is 0 Å². The van der Waals surface area contributed by atoms with Crippen molar-refractivity contribution in [2.45, 2.75) is 6.42 Å². The predicted molar refractivity (Wildman–Crippen MR) is 110 cm³/mol. The van der Waals surface area contributed by atoms with Crippen LogP contribution in [0.5, 0.6) is 11.5 Å². The highest BCUT2D eigenvalue weighted by molar-refractivity contribution is 5.92. The van der Waals surface area contributed by atoms with Gasteiger partial charge in [-0.2, -0.15) is 0 Å². The standard InChI is InChI=1S/C21H20N6O/c22-21(23-13-12-20-26-25-19-11-4-5-14-27(19)20)24-16-7-6-10-18(15-16)28-17-8-2-1-3-9-17/h1-11,14-15H,12-13H2,(H3,22,23,24). The summed E-state index contributed by atoms with van der Waals surface area (Å²) in [6, 6.07) is 23.0. The Morgan fingerprint density at radius 2 is 1.79 bits per heavy atom. The van der Waals surface area contributed by atoms with Crippen LogP contribution in [-0.4, -0.2) is 27.1 Å². The van der Waals surface area contributed by atoms with Gasteiger partial charge in [-0.15, -0.1) is 10.2 Å². The maximum absolute atomic E-state index is 6.02. The zero-order chi connectivity index (χ0) is 19.2. The van der Waals surface area contributed by atoms with E-state index in [1.807, 2.05) is 83.4 Å². The normalized spacial score (nSPS) is 11.5. The van der Waals surface area contributed by atoms with Crippen molar-refractivity contribution in [1.82, 2.24) is 14.6 Å². The van der Waals surface area contributed by atoms with Crippen molar-refractivity contribution in [3.8, 4) is 11.5 Å². The molecule has 0 amide bonds. The molecule has 4 rings (SSSR count). The van der Waals surface area contributed by atoms with Crippen LogP contribution in [0.4, 0.5) is 5.69 Å². The van der Waals surface area contributed by atoms with Crippen LogP contribution in [-0.2, 0) is 6.42 Å². The Balaban J connectivity index is 1.36. The van der Waals surface area contributed by atoms with Crippen molar-refractivity contribution < 1.29 is 4.74 Å². The Morgan fingerprint density at radius 3 is 2.68 bits per heavy atom. The van der Waals surface area contributed by atoms with Crippen molar-refractivity contribution >= 4 is 17.3 Å². The molecule has 0 radical (unpaired) electrons. The van der Waals surface area contributed by atoms with Crippen LogP contribution in [0.2, 0.25) is 0 Å². The molecule has 0 bridgehead atoms. The number of aliphatic imine (C=N–C) groups is 1. The van der Waals surface area contributed by atoms with Gasteiger partial charge in [0.05, 0.1) is 0 Å². The van der Waals surface area contributed by atoms with Gasteiger partial charge in [-0.25, -0.2) is 0 Å². The van der Waals surface area contributed by atoms with Gasteiger partial charge < -0.3 is 15.8 Å². The van der Waals surface area contributed by atoms with E-state index in [1.54, 1.807) is 0 Å². The molecule has 2 aromatic carbocycles. The number of hydrogen-bond donors (Lipinski definition) is 2. The summed E-state index contributed by atoms with van der Waals surface area (Å²) >= 11 is 0. The number of pyridine rings is 1. The number of ether oxygens (including phenoxy) is 1. The lowest BCUT2D eigenvalue weighted by atomic mass is 10.3. The van der Waals surface area contributed by atoms with Crippen LogP contribution in [0.3, 0.4) is 0 Å². The van der Waals surface area contributed by atoms with Crippen LogP contribution in [0, 0.1) is 0 Å². The number of aromatic nitrogens is 3. The molecule has 4 aromatic rings. The molecule has 0 unspecified atom stereocenters. The molecular weight excluding hydrogens is 352 g/mol. The van der Waals surface area contributed by atoms with Gasteiger partial charge in [-0.3, -0.25) is 9.39 Å². The number of anilines is 1. The zero-order valence-electron chi connectivity index (χ0n) is 15.2. The highest BCUT2D eigenvalue weighted by Gasteiger charge is 2.04. The van der Waals surface area contributed by atoms with E-state index in [1.165, 1.54) is 0 Å². The lowest BCUT2D eigenvalue weighted by molar-refractivity contribution is 0.483. The van der Waals surface area contributed by atoms with E-state index in [2.05, 4.69) is 20.5 Å². The molecule has 7 nitrogen and oxygen atoms in total. The SMILES string of the molecule is NC(=NCCc1nnc2ccccn12)Nc1cccc(Oc2ccccc2)c1. The first-order chi connectivity index (χ1) is 13.8. The average molecular weight is 372 g/mol. The summed E-state index contributed by atoms with van der Waals surface area (Å²) in [4.78, 5) is 4.38. The van der Waals surface area contributed by atoms with E-state index in [-0.39, 0.29) is 0 Å². The van der Waals surface area contributed by atoms with E-state index in [4.69, 9.17) is 10.5 Å². The maximum atomic E-state index is 6.02. The van der Waals surface area contributed by atoms with Crippen molar-refractivity contribution in [1.29, 1.82) is 0 Å². The second-order valence-corrected chi connectivity index (χ2v) is 6.13. The van der Waals surface area contributed by atoms with Crippen molar-refractivity contribution in [2.24, 2.45) is 10.7 Å². The van der Waals surface area contributed by atoms with E-state index in [0.717, 1.165) is 28.7 Å². The van der Waals surface area contributed by atoms with E-state index in [0.29, 0.717) is 18.9 Å². The first-order valence-corrected chi connectivity index (χ1v) is 8.96. The molecule has 140 valence electrons. The van der Waals surface area contributed by atoms with E-state index >= 15 is 0 Å². The molecule has 0 aliphatic carbocycles. The molecule has 7 heteroatoms. The van der Waals surface area contributed by atoms with Crippen molar-refractivity contribution in [2.75, 3.05) is 11.9 Å². The molecule has 2 heterocycles. The van der Waals surface area contributed by atoms with E-state index < -0.39 is 0 Å². The number of hydrogen-bond acceptors (Lipinski definition) is 4. The third-order valence-corrected chi connectivity index (χ3v) is 4.09. The number of nitrogens with one attached hydrogen (secondary N) is 1. The first-order valence-electron chi connectivity index (χ1n) is 8.96. The molecule has 0 fully saturated rings. The summed E-state index contributed by atoms with van der Waals surface area (Å²) in [6.07, 6.45) is 2.58. The van der Waals surface area contributed by atoms with Crippen LogP contribution < -0.4 is 15.8 Å². The lowest BCUT2D eigenvalue weighted by Gasteiger charge is -2.09. The van der Waals surface area contributed by atoms with Gasteiger partial charge in [-0.05, 0) is 36.4 Å². The smallest absolute Gasteiger partial charge is 0.193 e. The number of guanidine groups is 1. The summed E-state index contributed by atoms with van der Waals surface area (Å²) < 4.78 is 7.78. The lowest BCUT2D eigenvalue weighted by Crippen LogP contribution is -2.23. The van der Waals surface area contributed by atoms with Gasteiger partial charge >= 0.3 is 0 Å². The van der Waals surface area contributed by atoms with Crippen LogP contribution in [0.15, 0.2) is 84.0 Å². The summed E-state index contributed by atoms with van der Waals surface area (Å²) in [7, 11) is 0. The highest BCUT2D eigenvalue weighted by Crippen LogP contribution is 2.23. The van der Waals surface area contributed by atoms with Crippen LogP contribution in [0.1, 0.15) is 5.82 Å². The topological polar surface area (TPSA) is 89.8 Å². The third-order valence-electron chi connectivity index (χ3n) is 4.09. The fourth-order valence-electron chi connectivity index (χ4n) is 2.79. The second-order valence-electron chi connectivity index (χ2n) is 6.13. The maximum Gasteiger partial charge on any atom is 0.193 e. The highest BCUT2D eigenvalue weighted by atomic mass is 16.5. The molecule has 0 saturated carbocycles. The van der Waals surface area contributed by atoms with Crippen molar-refractivity contribution in [3.05, 3.63) is 84.8 Å². The van der Waals surface area contributed by atoms with Gasteiger partial charge in [0, 0.05) is 30.9 Å². The third kappa shape index (κ3) is 4.27. The zero-order valence-corrected chi connectivity index (χ0v) is 15.2. The average Bonchev–Trinajstić information content (AvgIpc) is 3.12. The molecular formula is C21H20N6O. The minimum Gasteiger partial charge on any atom is -0.457 e. The summed E-state index contributed by atoms with van der Waals surface area (Å²) in [5.74, 6) is 2.69. The molecule has 2 aromatic heterocycles. The van der Waals surface area contributed by atoms with Crippen LogP contribution in [0.25, 0.3) is 5.65 Å². The second kappa shape index (κ2) is 8.22. The number of rotatable bonds is 6. The molecule has 0 saturated heterocycles. The van der Waals surface area contributed by atoms with E-state index in [9.17, 15) is 0 Å². The molecule has 0 aliphatic heterocycles. The number of para-hydroxylation sites is 1. The van der Waals surface area contributed by atoms with Gasteiger partial charge in [0.2, 0.25) is 0 Å². The number of fused-ring (bicyclic) bond motifs is 1. The number of nitrogens with zero attached hydrogens (tertiary/aromatic N) is 4. The van der Waals surface area contributed by atoms with Gasteiger partial charge in [-0.1, -0.05) is 30.3 Å². The van der Waals surface area contributed by atoms with Gasteiger partial charge in [0.25, 0.3) is 0 Å². The summed E-state index contributed by atoms with van der Waals surface area (Å²) in [6.45, 7) is 0.509.